The molecule has 0 saturated heterocycles. The van der Waals surface area contributed by atoms with Crippen LogP contribution in [0.3, 0.4) is 0 Å². The van der Waals surface area contributed by atoms with Gasteiger partial charge in [0.2, 0.25) is 0 Å². The molecule has 5 heteroatoms. The predicted molar refractivity (Wildman–Crippen MR) is 57.9 cm³/mol. The smallest absolute Gasteiger partial charge is 0.356 e. The van der Waals surface area contributed by atoms with Crippen molar-refractivity contribution in [1.82, 2.24) is 0 Å². The SMILES string of the molecule is COC(=O)C1=NC(C(=O)OC)=C(C)CC1C. The van der Waals surface area contributed by atoms with Crippen molar-refractivity contribution in [2.75, 3.05) is 14.2 Å². The quantitative estimate of drug-likeness (QED) is 0.660. The van der Waals surface area contributed by atoms with E-state index < -0.39 is 11.9 Å². The fourth-order valence-electron chi connectivity index (χ4n) is 1.65. The summed E-state index contributed by atoms with van der Waals surface area (Å²) in [7, 11) is 2.58. The Balaban J connectivity index is 3.10. The lowest BCUT2D eigenvalue weighted by atomic mass is 9.93. The summed E-state index contributed by atoms with van der Waals surface area (Å²) in [6, 6.07) is 0. The lowest BCUT2D eigenvalue weighted by Gasteiger charge is -2.19. The second-order valence-electron chi connectivity index (χ2n) is 3.71. The Hall–Kier alpha value is -1.65. The fourth-order valence-corrected chi connectivity index (χ4v) is 1.65. The molecule has 0 aromatic heterocycles. The summed E-state index contributed by atoms with van der Waals surface area (Å²) in [6.45, 7) is 3.67. The number of hydrogen-bond donors (Lipinski definition) is 0. The third kappa shape index (κ3) is 2.29. The van der Waals surface area contributed by atoms with Crippen LogP contribution in [0.4, 0.5) is 0 Å². The van der Waals surface area contributed by atoms with E-state index in [0.29, 0.717) is 6.42 Å². The molecule has 0 aromatic rings. The van der Waals surface area contributed by atoms with Crippen LogP contribution in [0.5, 0.6) is 0 Å². The highest BCUT2D eigenvalue weighted by Crippen LogP contribution is 2.24. The van der Waals surface area contributed by atoms with Crippen LogP contribution < -0.4 is 0 Å². The number of nitrogens with zero attached hydrogens (tertiary/aromatic N) is 1. The van der Waals surface area contributed by atoms with Gasteiger partial charge in [0.1, 0.15) is 11.4 Å². The maximum absolute atomic E-state index is 11.4. The Bertz CT molecular complexity index is 381. The van der Waals surface area contributed by atoms with Crippen LogP contribution in [-0.4, -0.2) is 31.9 Å². The zero-order chi connectivity index (χ0) is 12.3. The van der Waals surface area contributed by atoms with E-state index in [1.54, 1.807) is 6.92 Å². The van der Waals surface area contributed by atoms with Crippen molar-refractivity contribution in [2.45, 2.75) is 20.3 Å². The van der Waals surface area contributed by atoms with Crippen molar-refractivity contribution >= 4 is 17.7 Å². The van der Waals surface area contributed by atoms with Crippen molar-refractivity contribution in [3.05, 3.63) is 11.3 Å². The monoisotopic (exact) mass is 225 g/mol. The van der Waals surface area contributed by atoms with Crippen LogP contribution in [0.15, 0.2) is 16.3 Å². The first-order valence-corrected chi connectivity index (χ1v) is 4.96. The van der Waals surface area contributed by atoms with E-state index in [1.165, 1.54) is 14.2 Å². The maximum Gasteiger partial charge on any atom is 0.356 e. The molecule has 1 atom stereocenters. The maximum atomic E-state index is 11.4. The van der Waals surface area contributed by atoms with E-state index in [-0.39, 0.29) is 17.3 Å². The highest BCUT2D eigenvalue weighted by atomic mass is 16.5. The number of aliphatic imine (C=N–C) groups is 1. The summed E-state index contributed by atoms with van der Waals surface area (Å²) in [5.74, 6) is -1.06. The average molecular weight is 225 g/mol. The molecule has 0 spiro atoms. The summed E-state index contributed by atoms with van der Waals surface area (Å²) in [5.41, 5.74) is 1.31. The second kappa shape index (κ2) is 4.92. The van der Waals surface area contributed by atoms with Gasteiger partial charge in [0.05, 0.1) is 14.2 Å². The zero-order valence-electron chi connectivity index (χ0n) is 9.86. The molecule has 0 radical (unpaired) electrons. The van der Waals surface area contributed by atoms with Crippen molar-refractivity contribution in [3.63, 3.8) is 0 Å². The summed E-state index contributed by atoms with van der Waals surface area (Å²) in [5, 5.41) is 0. The third-order valence-electron chi connectivity index (χ3n) is 2.49. The van der Waals surface area contributed by atoms with Gasteiger partial charge in [0.25, 0.3) is 0 Å². The third-order valence-corrected chi connectivity index (χ3v) is 2.49. The Morgan fingerprint density at radius 1 is 1.25 bits per heavy atom. The number of carbonyl (C=O) groups excluding carboxylic acids is 2. The number of hydrogen-bond acceptors (Lipinski definition) is 5. The van der Waals surface area contributed by atoms with Gasteiger partial charge < -0.3 is 9.47 Å². The molecule has 0 fully saturated rings. The molecule has 1 heterocycles. The molecule has 0 amide bonds. The lowest BCUT2D eigenvalue weighted by Crippen LogP contribution is -2.28. The van der Waals surface area contributed by atoms with Crippen LogP contribution in [0.1, 0.15) is 20.3 Å². The summed E-state index contributed by atoms with van der Waals surface area (Å²) in [4.78, 5) is 26.8. The number of methoxy groups -OCH3 is 2. The molecule has 5 nitrogen and oxygen atoms in total. The Labute approximate surface area is 94.1 Å². The summed E-state index contributed by atoms with van der Waals surface area (Å²) < 4.78 is 9.21. The lowest BCUT2D eigenvalue weighted by molar-refractivity contribution is -0.136. The minimum absolute atomic E-state index is 0.0409. The minimum Gasteiger partial charge on any atom is -0.465 e. The molecule has 88 valence electrons. The highest BCUT2D eigenvalue weighted by Gasteiger charge is 2.28. The van der Waals surface area contributed by atoms with Crippen LogP contribution >= 0.6 is 0 Å². The van der Waals surface area contributed by atoms with Crippen LogP contribution in [0, 0.1) is 5.92 Å². The van der Waals surface area contributed by atoms with Crippen LogP contribution in [-0.2, 0) is 19.1 Å². The van der Waals surface area contributed by atoms with Gasteiger partial charge in [-0.15, -0.1) is 0 Å². The van der Waals surface area contributed by atoms with Gasteiger partial charge in [-0.3, -0.25) is 0 Å². The number of allylic oxidation sites excluding steroid dienone is 1. The zero-order valence-corrected chi connectivity index (χ0v) is 9.86. The first kappa shape index (κ1) is 12.4. The standard InChI is InChI=1S/C11H15NO4/c1-6-5-7(2)9(11(14)16-4)12-8(6)10(13)15-3/h6H,5H2,1-4H3. The molecule has 0 saturated carbocycles. The van der Waals surface area contributed by atoms with Gasteiger partial charge in [-0.05, 0) is 18.9 Å². The van der Waals surface area contributed by atoms with Crippen LogP contribution in [0.25, 0.3) is 0 Å². The molecule has 0 N–H and O–H groups in total. The van der Waals surface area contributed by atoms with Crippen LogP contribution in [0.2, 0.25) is 0 Å². The van der Waals surface area contributed by atoms with Crippen molar-refractivity contribution < 1.29 is 19.1 Å². The number of esters is 2. The van der Waals surface area contributed by atoms with Gasteiger partial charge in [-0.1, -0.05) is 6.92 Å². The molecular weight excluding hydrogens is 210 g/mol. The van der Waals surface area contributed by atoms with Gasteiger partial charge in [-0.25, -0.2) is 14.6 Å². The summed E-state index contributed by atoms with van der Waals surface area (Å²) in [6.07, 6.45) is 0.609. The molecule has 1 aliphatic heterocycles. The molecular formula is C11H15NO4. The molecule has 0 aromatic carbocycles. The van der Waals surface area contributed by atoms with E-state index in [9.17, 15) is 9.59 Å². The number of ether oxygens (including phenoxy) is 2. The first-order chi connectivity index (χ1) is 7.51. The topological polar surface area (TPSA) is 65.0 Å². The van der Waals surface area contributed by atoms with Gasteiger partial charge in [0, 0.05) is 5.92 Å². The minimum atomic E-state index is -0.522. The van der Waals surface area contributed by atoms with Crippen molar-refractivity contribution in [2.24, 2.45) is 10.9 Å². The van der Waals surface area contributed by atoms with Gasteiger partial charge in [-0.2, -0.15) is 0 Å². The Morgan fingerprint density at radius 3 is 2.31 bits per heavy atom. The highest BCUT2D eigenvalue weighted by molar-refractivity contribution is 6.38. The average Bonchev–Trinajstić information content (AvgIpc) is 2.27. The van der Waals surface area contributed by atoms with Crippen molar-refractivity contribution in [1.29, 1.82) is 0 Å². The van der Waals surface area contributed by atoms with E-state index in [1.807, 2.05) is 6.92 Å². The largest absolute Gasteiger partial charge is 0.465 e. The first-order valence-electron chi connectivity index (χ1n) is 4.96. The summed E-state index contributed by atoms with van der Waals surface area (Å²) >= 11 is 0. The second-order valence-corrected chi connectivity index (χ2v) is 3.71. The van der Waals surface area contributed by atoms with Gasteiger partial charge in [0.15, 0.2) is 0 Å². The molecule has 1 rings (SSSR count). The number of rotatable bonds is 2. The van der Waals surface area contributed by atoms with Gasteiger partial charge >= 0.3 is 11.9 Å². The van der Waals surface area contributed by atoms with Crippen molar-refractivity contribution in [3.8, 4) is 0 Å². The molecule has 0 bridgehead atoms. The predicted octanol–water partition coefficient (Wildman–Crippen LogP) is 1.09. The number of carbonyl (C=O) groups is 2. The Kier molecular flexibility index (Phi) is 3.82. The Morgan fingerprint density at radius 2 is 1.81 bits per heavy atom. The molecule has 0 aliphatic carbocycles. The van der Waals surface area contributed by atoms with E-state index >= 15 is 0 Å². The van der Waals surface area contributed by atoms with E-state index in [0.717, 1.165) is 5.57 Å². The fraction of sp³-hybridized carbons (Fsp3) is 0.545. The normalized spacial score (nSPS) is 20.2. The van der Waals surface area contributed by atoms with E-state index in [2.05, 4.69) is 14.5 Å². The van der Waals surface area contributed by atoms with E-state index in [4.69, 9.17) is 0 Å². The molecule has 1 aliphatic rings. The molecule has 1 unspecified atom stereocenters. The molecule has 16 heavy (non-hydrogen) atoms.